The summed E-state index contributed by atoms with van der Waals surface area (Å²) in [5.74, 6) is 0.968. The van der Waals surface area contributed by atoms with E-state index in [4.69, 9.17) is 76.0 Å². The van der Waals surface area contributed by atoms with Gasteiger partial charge in [0, 0.05) is 43.3 Å². The van der Waals surface area contributed by atoms with Crippen molar-refractivity contribution in [1.82, 2.24) is 29.5 Å². The summed E-state index contributed by atoms with van der Waals surface area (Å²) < 4.78 is 52.3. The number of aromatic nitrogens is 6. The van der Waals surface area contributed by atoms with Gasteiger partial charge in [-0.05, 0) is 97.8 Å². The molecule has 2 fully saturated rings. The second-order valence-corrected chi connectivity index (χ2v) is 17.9. The lowest BCUT2D eigenvalue weighted by Crippen LogP contribution is -2.36. The van der Waals surface area contributed by atoms with Crippen molar-refractivity contribution in [2.45, 2.75) is 117 Å². The molecular weight excluding hydrogens is 915 g/mol. The maximum Gasteiger partial charge on any atom is 0.289 e. The number of rotatable bonds is 20. The number of hydrogen-bond acceptors (Lipinski definition) is 17. The average Bonchev–Trinajstić information content (AvgIpc) is 3.31. The number of aromatic hydroxyl groups is 1. The molecule has 6 rings (SSSR count). The van der Waals surface area contributed by atoms with E-state index >= 15 is 0 Å². The van der Waals surface area contributed by atoms with E-state index in [9.17, 15) is 9.59 Å². The van der Waals surface area contributed by atoms with Crippen molar-refractivity contribution in [3.63, 3.8) is 0 Å². The molecule has 21 heteroatoms. The van der Waals surface area contributed by atoms with Gasteiger partial charge >= 0.3 is 0 Å². The van der Waals surface area contributed by atoms with Gasteiger partial charge in [0.05, 0.1) is 69.7 Å². The molecule has 0 spiro atoms. The number of nitrogens with zero attached hydrogens (tertiary/aromatic N) is 6. The Hall–Kier alpha value is -4.44. The van der Waals surface area contributed by atoms with E-state index in [-0.39, 0.29) is 52.9 Å². The Morgan fingerprint density at radius 3 is 1.55 bits per heavy atom. The first kappa shape index (κ1) is 55.2. The average molecular weight is 982 g/mol. The number of pyridine rings is 2. The predicted molar refractivity (Wildman–Crippen MR) is 249 cm³/mol. The maximum absolute atomic E-state index is 12.4. The second-order valence-electron chi connectivity index (χ2n) is 17.2. The molecule has 67 heavy (non-hydrogen) atoms. The van der Waals surface area contributed by atoms with E-state index in [2.05, 4.69) is 20.2 Å². The minimum atomic E-state index is -0.478. The molecule has 19 nitrogen and oxygen atoms in total. The van der Waals surface area contributed by atoms with Gasteiger partial charge in [-0.25, -0.2) is 19.3 Å². The molecule has 0 amide bonds. The Kier molecular flexibility index (Phi) is 23.7. The summed E-state index contributed by atoms with van der Waals surface area (Å²) in [4.78, 5) is 32.2. The van der Waals surface area contributed by atoms with E-state index in [1.165, 1.54) is 22.0 Å². The number of aliphatic hydroxyl groups is 1. The van der Waals surface area contributed by atoms with Gasteiger partial charge in [0.25, 0.3) is 11.1 Å². The fraction of sp³-hybridized carbons (Fsp3) is 0.609. The third-order valence-corrected chi connectivity index (χ3v) is 10.2. The van der Waals surface area contributed by atoms with E-state index in [0.717, 1.165) is 62.6 Å². The lowest BCUT2D eigenvalue weighted by Gasteiger charge is -2.22. The van der Waals surface area contributed by atoms with E-state index < -0.39 is 16.6 Å². The Morgan fingerprint density at radius 2 is 1.10 bits per heavy atom. The quantitative estimate of drug-likeness (QED) is 0.0911. The van der Waals surface area contributed by atoms with Crippen LogP contribution in [0.3, 0.4) is 0 Å². The van der Waals surface area contributed by atoms with Gasteiger partial charge < -0.3 is 52.8 Å². The lowest BCUT2D eigenvalue weighted by atomic mass is 10.1. The zero-order chi connectivity index (χ0) is 48.7. The minimum absolute atomic E-state index is 0.00417. The van der Waals surface area contributed by atoms with Crippen LogP contribution in [0, 0.1) is 0 Å². The molecule has 2 aliphatic rings. The summed E-state index contributed by atoms with van der Waals surface area (Å²) in [7, 11) is 0. The molecule has 2 unspecified atom stereocenters. The molecule has 2 atom stereocenters. The molecule has 4 aromatic rings. The van der Waals surface area contributed by atoms with Crippen LogP contribution in [0.4, 0.5) is 0 Å². The van der Waals surface area contributed by atoms with Gasteiger partial charge in [-0.3, -0.25) is 9.59 Å². The molecule has 2 saturated heterocycles. The van der Waals surface area contributed by atoms with Gasteiger partial charge in [-0.15, -0.1) is 0 Å². The van der Waals surface area contributed by atoms with Crippen molar-refractivity contribution in [2.75, 3.05) is 66.1 Å². The lowest BCUT2D eigenvalue weighted by molar-refractivity contribution is -0.169. The summed E-state index contributed by atoms with van der Waals surface area (Å²) in [5, 5.41) is 25.7. The molecule has 0 aliphatic carbocycles. The Bertz CT molecular complexity index is 2140. The molecule has 2 aliphatic heterocycles. The van der Waals surface area contributed by atoms with Crippen LogP contribution >= 0.6 is 23.2 Å². The smallest absolute Gasteiger partial charge is 0.289 e. The van der Waals surface area contributed by atoms with E-state index in [1.807, 2.05) is 47.6 Å². The normalized spacial score (nSPS) is 16.3. The van der Waals surface area contributed by atoms with Crippen molar-refractivity contribution >= 4 is 23.2 Å². The standard InChI is InChI=1S/C23H32ClN3O6.C15H23NO5.C8H11ClN2O2/c1-23(2,3)27-22(28)21(24)18(15-26-27)33-16-17-7-8-19(25-14-17)30-12-10-29-11-13-32-20-6-4-5-9-31-20;17-12-13-4-5-14(16-11-13)19-9-7-18-8-10-21-15-3-1-2-6-20-15;1-8(2,3)11-7(13)6(9)5(12)4-10-11/h7-8,14-15,20H,4-6,9-13,16H2,1-3H3;4-5,11,15,17H,1-3,6-10,12H2;4,12H,1-3H3. The molecule has 0 radical (unpaired) electrons. The molecule has 372 valence electrons. The van der Waals surface area contributed by atoms with Crippen LogP contribution in [0.1, 0.15) is 91.2 Å². The highest BCUT2D eigenvalue weighted by Gasteiger charge is 2.21. The number of ether oxygens (including phenoxy) is 9. The summed E-state index contributed by atoms with van der Waals surface area (Å²) in [6, 6.07) is 7.09. The first-order valence-electron chi connectivity index (χ1n) is 22.3. The van der Waals surface area contributed by atoms with E-state index in [0.29, 0.717) is 64.6 Å². The fourth-order valence-electron chi connectivity index (χ4n) is 6.01. The Balaban J connectivity index is 0.000000245. The van der Waals surface area contributed by atoms with E-state index in [1.54, 1.807) is 30.6 Å². The first-order valence-corrected chi connectivity index (χ1v) is 23.1. The van der Waals surface area contributed by atoms with Crippen molar-refractivity contribution in [2.24, 2.45) is 0 Å². The van der Waals surface area contributed by atoms with Crippen molar-refractivity contribution in [3.8, 4) is 23.3 Å². The first-order chi connectivity index (χ1) is 32.1. The number of hydrogen-bond donors (Lipinski definition) is 2. The van der Waals surface area contributed by atoms with Gasteiger partial charge in [0.15, 0.2) is 34.1 Å². The molecule has 6 heterocycles. The van der Waals surface area contributed by atoms with Crippen molar-refractivity contribution in [3.05, 3.63) is 90.9 Å². The molecule has 0 aromatic carbocycles. The predicted octanol–water partition coefficient (Wildman–Crippen LogP) is 6.43. The largest absolute Gasteiger partial charge is 0.505 e. The topological polar surface area (TPSA) is 219 Å². The molecular formula is C46H66Cl2N6O13. The highest BCUT2D eigenvalue weighted by molar-refractivity contribution is 6.32. The Labute approximate surface area is 401 Å². The summed E-state index contributed by atoms with van der Waals surface area (Å²) >= 11 is 11.7. The van der Waals surface area contributed by atoms with Crippen LogP contribution in [-0.4, -0.2) is 118 Å². The fourth-order valence-corrected chi connectivity index (χ4v) is 6.32. The van der Waals surface area contributed by atoms with Crippen LogP contribution in [0.5, 0.6) is 23.3 Å². The van der Waals surface area contributed by atoms with Crippen LogP contribution in [0.15, 0.2) is 58.6 Å². The van der Waals surface area contributed by atoms with Crippen molar-refractivity contribution < 1.29 is 52.8 Å². The van der Waals surface area contributed by atoms with Crippen LogP contribution < -0.4 is 25.3 Å². The summed E-state index contributed by atoms with van der Waals surface area (Å²) in [6.45, 7) is 16.7. The third-order valence-electron chi connectivity index (χ3n) is 9.52. The highest BCUT2D eigenvalue weighted by atomic mass is 35.5. The molecule has 0 saturated carbocycles. The highest BCUT2D eigenvalue weighted by Crippen LogP contribution is 2.23. The van der Waals surface area contributed by atoms with Crippen LogP contribution in [0.25, 0.3) is 0 Å². The van der Waals surface area contributed by atoms with Crippen molar-refractivity contribution in [1.29, 1.82) is 0 Å². The van der Waals surface area contributed by atoms with Gasteiger partial charge in [-0.2, -0.15) is 10.2 Å². The Morgan fingerprint density at radius 1 is 0.627 bits per heavy atom. The SMILES string of the molecule is CC(C)(C)n1ncc(O)c(Cl)c1=O.CC(C)(C)n1ncc(OCc2ccc(OCCOCCOC3CCCCO3)nc2)c(Cl)c1=O.OCc1ccc(OCCOCCOC2CCCCO2)nc1. The van der Waals surface area contributed by atoms with Gasteiger partial charge in [-0.1, -0.05) is 23.2 Å². The summed E-state index contributed by atoms with van der Waals surface area (Å²) in [6.07, 6.45) is 12.2. The minimum Gasteiger partial charge on any atom is -0.505 e. The zero-order valence-electron chi connectivity index (χ0n) is 39.3. The molecule has 0 bridgehead atoms. The molecule has 4 aromatic heterocycles. The zero-order valence-corrected chi connectivity index (χ0v) is 40.8. The third kappa shape index (κ3) is 20.0. The molecule has 2 N–H and O–H groups in total. The van der Waals surface area contributed by atoms with Crippen LogP contribution in [0.2, 0.25) is 10.0 Å². The van der Waals surface area contributed by atoms with Gasteiger partial charge in [0.2, 0.25) is 11.8 Å². The number of aliphatic hydroxyl groups excluding tert-OH is 1. The maximum atomic E-state index is 12.4. The monoisotopic (exact) mass is 980 g/mol. The van der Waals surface area contributed by atoms with Crippen LogP contribution in [-0.2, 0) is 52.7 Å². The second kappa shape index (κ2) is 28.8. The summed E-state index contributed by atoms with van der Waals surface area (Å²) in [5.41, 5.74) is -0.206. The number of halogens is 2. The van der Waals surface area contributed by atoms with Gasteiger partial charge in [0.1, 0.15) is 19.8 Å².